The lowest BCUT2D eigenvalue weighted by Gasteiger charge is -2.32. The average Bonchev–Trinajstić information content (AvgIpc) is 3.61. The van der Waals surface area contributed by atoms with E-state index in [4.69, 9.17) is 0 Å². The van der Waals surface area contributed by atoms with Crippen LogP contribution in [0.3, 0.4) is 0 Å². The van der Waals surface area contributed by atoms with E-state index in [-0.39, 0.29) is 11.9 Å². The third-order valence-electron chi connectivity index (χ3n) is 6.91. The number of benzene rings is 2. The maximum absolute atomic E-state index is 13.4. The molecule has 1 aliphatic heterocycles. The number of aryl methyl sites for hydroxylation is 1. The molecule has 0 fully saturated rings. The molecule has 5 rings (SSSR count). The summed E-state index contributed by atoms with van der Waals surface area (Å²) in [4.78, 5) is 20.5. The summed E-state index contributed by atoms with van der Waals surface area (Å²) in [7, 11) is 2.08. The second-order valence-corrected chi connectivity index (χ2v) is 10.9. The first kappa shape index (κ1) is 25.8. The van der Waals surface area contributed by atoms with Crippen LogP contribution in [0.4, 0.5) is 11.4 Å². The SMILES string of the molecule is CCCn1cncc1C[S+]([O-])c1ccc(NC(=O)C2=Cc3ccccc3N(C)C(c3cn[nH]c3)CC2)cc1. The Morgan fingerprint density at radius 3 is 2.76 bits per heavy atom. The summed E-state index contributed by atoms with van der Waals surface area (Å²) < 4.78 is 15.0. The molecule has 0 saturated carbocycles. The molecule has 3 heterocycles. The number of fused-ring (bicyclic) bond motifs is 1. The number of aromatic nitrogens is 4. The van der Waals surface area contributed by atoms with Crippen LogP contribution in [0.25, 0.3) is 6.08 Å². The number of rotatable bonds is 8. The van der Waals surface area contributed by atoms with Gasteiger partial charge < -0.3 is 19.3 Å². The molecule has 9 heteroatoms. The van der Waals surface area contributed by atoms with Gasteiger partial charge in [-0.2, -0.15) is 5.10 Å². The molecule has 1 aliphatic rings. The lowest BCUT2D eigenvalue weighted by molar-refractivity contribution is -0.112. The molecule has 2 aromatic heterocycles. The van der Waals surface area contributed by atoms with Gasteiger partial charge >= 0.3 is 0 Å². The molecule has 0 radical (unpaired) electrons. The number of amides is 1. The Hall–Kier alpha value is -3.82. The minimum atomic E-state index is -1.20. The second-order valence-electron chi connectivity index (χ2n) is 9.47. The molecule has 1 amide bonds. The first-order valence-electron chi connectivity index (χ1n) is 12.8. The molecular formula is C29H32N6O2S. The number of hydrogen-bond donors (Lipinski definition) is 2. The second kappa shape index (κ2) is 11.7. The van der Waals surface area contributed by atoms with E-state index in [1.54, 1.807) is 12.5 Å². The average molecular weight is 529 g/mol. The molecule has 2 atom stereocenters. The van der Waals surface area contributed by atoms with Crippen molar-refractivity contribution in [2.75, 3.05) is 17.3 Å². The predicted octanol–water partition coefficient (Wildman–Crippen LogP) is 5.32. The quantitative estimate of drug-likeness (QED) is 0.302. The molecule has 38 heavy (non-hydrogen) atoms. The number of hydrogen-bond acceptors (Lipinski definition) is 5. The Bertz CT molecular complexity index is 1400. The van der Waals surface area contributed by atoms with E-state index < -0.39 is 11.2 Å². The standard InChI is InChI=1S/C29H32N6O2S/c1-3-14-35-20-30-18-25(35)19-38(37)26-11-9-24(10-12-26)33-29(36)22-8-13-28(23-16-31-32-17-23)34(2)27-7-5-4-6-21(27)15-22/h4-7,9-12,15-18,20,28H,3,8,13-14,19H2,1-2H3,(H,31,32)(H,33,36). The Labute approximate surface area is 226 Å². The fraction of sp³-hybridized carbons (Fsp3) is 0.276. The van der Waals surface area contributed by atoms with Crippen molar-refractivity contribution in [1.29, 1.82) is 0 Å². The topological polar surface area (TPSA) is 102 Å². The van der Waals surface area contributed by atoms with Crippen LogP contribution in [0.2, 0.25) is 0 Å². The minimum absolute atomic E-state index is 0.0919. The van der Waals surface area contributed by atoms with Gasteiger partial charge in [0.15, 0.2) is 10.6 Å². The molecular weight excluding hydrogens is 496 g/mol. The molecule has 2 unspecified atom stereocenters. The van der Waals surface area contributed by atoms with Crippen molar-refractivity contribution in [3.63, 3.8) is 0 Å². The summed E-state index contributed by atoms with van der Waals surface area (Å²) in [5, 5.41) is 10.1. The zero-order chi connectivity index (χ0) is 26.5. The summed E-state index contributed by atoms with van der Waals surface area (Å²) in [6.07, 6.45) is 11.7. The van der Waals surface area contributed by atoms with Crippen molar-refractivity contribution < 1.29 is 9.35 Å². The number of carbonyl (C=O) groups is 1. The fourth-order valence-electron chi connectivity index (χ4n) is 4.89. The van der Waals surface area contributed by atoms with Crippen molar-refractivity contribution >= 4 is 34.5 Å². The number of H-pyrrole nitrogens is 1. The van der Waals surface area contributed by atoms with Gasteiger partial charge in [0.2, 0.25) is 0 Å². The molecule has 2 N–H and O–H groups in total. The van der Waals surface area contributed by atoms with E-state index in [0.29, 0.717) is 17.9 Å². The van der Waals surface area contributed by atoms with E-state index in [1.165, 1.54) is 0 Å². The molecule has 196 valence electrons. The van der Waals surface area contributed by atoms with Gasteiger partial charge in [0, 0.05) is 42.3 Å². The third-order valence-corrected chi connectivity index (χ3v) is 8.27. The van der Waals surface area contributed by atoms with Crippen LogP contribution >= 0.6 is 0 Å². The highest BCUT2D eigenvalue weighted by Crippen LogP contribution is 2.36. The van der Waals surface area contributed by atoms with Gasteiger partial charge in [-0.1, -0.05) is 25.1 Å². The van der Waals surface area contributed by atoms with Gasteiger partial charge in [0.25, 0.3) is 5.91 Å². The molecule has 2 aromatic carbocycles. The predicted molar refractivity (Wildman–Crippen MR) is 151 cm³/mol. The molecule has 0 saturated heterocycles. The third kappa shape index (κ3) is 5.69. The maximum atomic E-state index is 13.4. The number of para-hydroxylation sites is 1. The van der Waals surface area contributed by atoms with Gasteiger partial charge in [-0.3, -0.25) is 9.89 Å². The monoisotopic (exact) mass is 528 g/mol. The van der Waals surface area contributed by atoms with Crippen LogP contribution in [0.15, 0.2) is 83.9 Å². The number of carbonyl (C=O) groups excluding carboxylic acids is 1. The Kier molecular flexibility index (Phi) is 7.95. The van der Waals surface area contributed by atoms with Gasteiger partial charge in [0.1, 0.15) is 0 Å². The van der Waals surface area contributed by atoms with Crippen LogP contribution in [-0.4, -0.2) is 37.3 Å². The van der Waals surface area contributed by atoms with Crippen LogP contribution in [-0.2, 0) is 28.3 Å². The van der Waals surface area contributed by atoms with Crippen LogP contribution < -0.4 is 10.2 Å². The molecule has 8 nitrogen and oxygen atoms in total. The van der Waals surface area contributed by atoms with Gasteiger partial charge in [-0.15, -0.1) is 0 Å². The van der Waals surface area contributed by atoms with E-state index >= 15 is 0 Å². The fourth-order valence-corrected chi connectivity index (χ4v) is 6.00. The first-order chi connectivity index (χ1) is 18.5. The number of nitrogens with zero attached hydrogens (tertiary/aromatic N) is 4. The highest BCUT2D eigenvalue weighted by Gasteiger charge is 2.25. The summed E-state index contributed by atoms with van der Waals surface area (Å²) in [5.41, 5.74) is 5.50. The Balaban J connectivity index is 1.30. The van der Waals surface area contributed by atoms with E-state index in [9.17, 15) is 9.35 Å². The van der Waals surface area contributed by atoms with Crippen molar-refractivity contribution in [3.05, 3.63) is 95.8 Å². The van der Waals surface area contributed by atoms with Crippen molar-refractivity contribution in [1.82, 2.24) is 19.7 Å². The maximum Gasteiger partial charge on any atom is 0.251 e. The van der Waals surface area contributed by atoms with Gasteiger partial charge in [0.05, 0.1) is 30.5 Å². The van der Waals surface area contributed by atoms with Crippen molar-refractivity contribution in [2.45, 2.75) is 49.4 Å². The first-order valence-corrected chi connectivity index (χ1v) is 14.1. The minimum Gasteiger partial charge on any atom is -0.611 e. The van der Waals surface area contributed by atoms with E-state index in [2.05, 4.69) is 45.4 Å². The lowest BCUT2D eigenvalue weighted by atomic mass is 9.94. The zero-order valence-electron chi connectivity index (χ0n) is 21.6. The van der Waals surface area contributed by atoms with E-state index in [0.717, 1.165) is 52.4 Å². The number of imidazole rings is 1. The van der Waals surface area contributed by atoms with Crippen LogP contribution in [0.5, 0.6) is 0 Å². The number of nitrogens with one attached hydrogen (secondary N) is 2. The summed E-state index contributed by atoms with van der Waals surface area (Å²) in [6.45, 7) is 2.96. The lowest BCUT2D eigenvalue weighted by Crippen LogP contribution is -2.27. The Morgan fingerprint density at radius 2 is 2.00 bits per heavy atom. The molecule has 0 aliphatic carbocycles. The number of anilines is 2. The van der Waals surface area contributed by atoms with Gasteiger partial charge in [-0.05, 0) is 72.4 Å². The molecule has 0 spiro atoms. The largest absolute Gasteiger partial charge is 0.611 e. The van der Waals surface area contributed by atoms with Gasteiger partial charge in [-0.25, -0.2) is 4.98 Å². The van der Waals surface area contributed by atoms with E-state index in [1.807, 2.05) is 65.5 Å². The summed E-state index contributed by atoms with van der Waals surface area (Å²) in [6, 6.07) is 15.5. The van der Waals surface area contributed by atoms with Crippen LogP contribution in [0, 0.1) is 0 Å². The summed E-state index contributed by atoms with van der Waals surface area (Å²) >= 11 is -1.20. The van der Waals surface area contributed by atoms with Crippen LogP contribution in [0.1, 0.15) is 49.0 Å². The number of aromatic amines is 1. The smallest absolute Gasteiger partial charge is 0.251 e. The van der Waals surface area contributed by atoms with Crippen molar-refractivity contribution in [2.24, 2.45) is 0 Å². The highest BCUT2D eigenvalue weighted by atomic mass is 32.2. The summed E-state index contributed by atoms with van der Waals surface area (Å²) in [5.74, 6) is 0.275. The zero-order valence-corrected chi connectivity index (χ0v) is 22.4. The molecule has 4 aromatic rings. The normalized spacial score (nSPS) is 16.2. The van der Waals surface area contributed by atoms with Crippen molar-refractivity contribution in [3.8, 4) is 0 Å². The molecule has 0 bridgehead atoms. The Morgan fingerprint density at radius 1 is 1.18 bits per heavy atom. The highest BCUT2D eigenvalue weighted by molar-refractivity contribution is 7.90.